The van der Waals surface area contributed by atoms with Gasteiger partial charge in [0.2, 0.25) is 0 Å². The Kier molecular flexibility index (Phi) is 4.78. The number of halogens is 1. The van der Waals surface area contributed by atoms with Crippen LogP contribution in [0.5, 0.6) is 0 Å². The fourth-order valence-corrected chi connectivity index (χ4v) is 2.57. The van der Waals surface area contributed by atoms with Crippen molar-refractivity contribution >= 4 is 29.3 Å². The van der Waals surface area contributed by atoms with Crippen LogP contribution in [0.2, 0.25) is 0 Å². The number of piperazine rings is 1. The molecule has 0 aliphatic carbocycles. The van der Waals surface area contributed by atoms with E-state index < -0.39 is 0 Å². The Hall–Kier alpha value is -1.39. The summed E-state index contributed by atoms with van der Waals surface area (Å²) < 4.78 is 0. The van der Waals surface area contributed by atoms with Gasteiger partial charge in [-0.3, -0.25) is 9.88 Å². The second kappa shape index (κ2) is 6.37. The second-order valence-corrected chi connectivity index (χ2v) is 5.33. The van der Waals surface area contributed by atoms with Gasteiger partial charge < -0.3 is 4.90 Å². The zero-order chi connectivity index (χ0) is 13.2. The first-order chi connectivity index (χ1) is 9.24. The Morgan fingerprint density at radius 3 is 2.30 bits per heavy atom. The predicted molar refractivity (Wildman–Crippen MR) is 85.7 cm³/mol. The smallest absolute Gasteiger partial charge is 0.147 e. The molecule has 0 unspecified atom stereocenters. The molecule has 20 heavy (non-hydrogen) atoms. The highest BCUT2D eigenvalue weighted by Gasteiger charge is 2.19. The SMILES string of the molecule is CC(C)N1CCN(c2cnc3ccccc3n2)CC1.Cl. The molecule has 0 radical (unpaired) electrons. The van der Waals surface area contributed by atoms with Crippen molar-refractivity contribution in [2.24, 2.45) is 0 Å². The highest BCUT2D eigenvalue weighted by atomic mass is 35.5. The van der Waals surface area contributed by atoms with Crippen molar-refractivity contribution in [1.82, 2.24) is 14.9 Å². The van der Waals surface area contributed by atoms with Crippen LogP contribution in [0.3, 0.4) is 0 Å². The fraction of sp³-hybridized carbons (Fsp3) is 0.467. The molecule has 0 spiro atoms. The largest absolute Gasteiger partial charge is 0.353 e. The molecule has 0 bridgehead atoms. The second-order valence-electron chi connectivity index (χ2n) is 5.33. The van der Waals surface area contributed by atoms with Crippen LogP contribution in [0.4, 0.5) is 5.82 Å². The zero-order valence-corrected chi connectivity index (χ0v) is 12.8. The minimum atomic E-state index is 0. The molecule has 1 aromatic heterocycles. The van der Waals surface area contributed by atoms with Gasteiger partial charge in [-0.25, -0.2) is 4.98 Å². The predicted octanol–water partition coefficient (Wildman–Crippen LogP) is 2.58. The molecule has 1 aliphatic rings. The normalized spacial score (nSPS) is 16.4. The molecule has 0 atom stereocenters. The van der Waals surface area contributed by atoms with Gasteiger partial charge in [0.15, 0.2) is 0 Å². The van der Waals surface area contributed by atoms with Crippen molar-refractivity contribution in [2.45, 2.75) is 19.9 Å². The highest BCUT2D eigenvalue weighted by molar-refractivity contribution is 5.85. The molecule has 1 aliphatic heterocycles. The lowest BCUT2D eigenvalue weighted by Crippen LogP contribution is -2.49. The van der Waals surface area contributed by atoms with Crippen molar-refractivity contribution in [3.05, 3.63) is 30.5 Å². The summed E-state index contributed by atoms with van der Waals surface area (Å²) in [4.78, 5) is 14.0. The summed E-state index contributed by atoms with van der Waals surface area (Å²) in [5.41, 5.74) is 1.94. The van der Waals surface area contributed by atoms with E-state index in [4.69, 9.17) is 4.98 Å². The van der Waals surface area contributed by atoms with Crippen molar-refractivity contribution in [1.29, 1.82) is 0 Å². The molecule has 1 aromatic carbocycles. The number of aromatic nitrogens is 2. The summed E-state index contributed by atoms with van der Waals surface area (Å²) in [6.07, 6.45) is 1.90. The van der Waals surface area contributed by atoms with Crippen molar-refractivity contribution in [2.75, 3.05) is 31.1 Å². The van der Waals surface area contributed by atoms with Gasteiger partial charge in [-0.2, -0.15) is 0 Å². The Labute approximate surface area is 126 Å². The highest BCUT2D eigenvalue weighted by Crippen LogP contribution is 2.17. The maximum absolute atomic E-state index is 4.71. The lowest BCUT2D eigenvalue weighted by Gasteiger charge is -2.37. The summed E-state index contributed by atoms with van der Waals surface area (Å²) in [5, 5.41) is 0. The topological polar surface area (TPSA) is 32.3 Å². The molecule has 4 nitrogen and oxygen atoms in total. The number of anilines is 1. The van der Waals surface area contributed by atoms with E-state index in [-0.39, 0.29) is 12.4 Å². The van der Waals surface area contributed by atoms with Crippen LogP contribution < -0.4 is 4.90 Å². The molecule has 0 amide bonds. The minimum Gasteiger partial charge on any atom is -0.353 e. The molecular weight excluding hydrogens is 272 g/mol. The first-order valence-electron chi connectivity index (χ1n) is 6.95. The van der Waals surface area contributed by atoms with Crippen LogP contribution >= 0.6 is 12.4 Å². The Morgan fingerprint density at radius 1 is 1.00 bits per heavy atom. The van der Waals surface area contributed by atoms with Gasteiger partial charge in [0.25, 0.3) is 0 Å². The van der Waals surface area contributed by atoms with E-state index in [1.165, 1.54) is 0 Å². The third-order valence-electron chi connectivity index (χ3n) is 3.80. The van der Waals surface area contributed by atoms with E-state index in [1.54, 1.807) is 0 Å². The van der Waals surface area contributed by atoms with E-state index in [0.717, 1.165) is 43.0 Å². The van der Waals surface area contributed by atoms with Gasteiger partial charge in [-0.1, -0.05) is 12.1 Å². The Morgan fingerprint density at radius 2 is 1.65 bits per heavy atom. The molecule has 2 heterocycles. The number of rotatable bonds is 2. The van der Waals surface area contributed by atoms with Gasteiger partial charge in [0, 0.05) is 32.2 Å². The van der Waals surface area contributed by atoms with E-state index in [1.807, 2.05) is 30.5 Å². The van der Waals surface area contributed by atoms with Crippen LogP contribution in [-0.4, -0.2) is 47.1 Å². The monoisotopic (exact) mass is 292 g/mol. The van der Waals surface area contributed by atoms with Crippen LogP contribution in [0.15, 0.2) is 30.5 Å². The van der Waals surface area contributed by atoms with E-state index in [2.05, 4.69) is 28.6 Å². The molecule has 2 aromatic rings. The van der Waals surface area contributed by atoms with E-state index in [9.17, 15) is 0 Å². The molecule has 3 rings (SSSR count). The maximum Gasteiger partial charge on any atom is 0.147 e. The summed E-state index contributed by atoms with van der Waals surface area (Å²) in [5.74, 6) is 1.00. The van der Waals surface area contributed by atoms with Crippen LogP contribution in [-0.2, 0) is 0 Å². The van der Waals surface area contributed by atoms with Crippen LogP contribution in [0.1, 0.15) is 13.8 Å². The lowest BCUT2D eigenvalue weighted by atomic mass is 10.2. The van der Waals surface area contributed by atoms with Crippen molar-refractivity contribution in [3.8, 4) is 0 Å². The van der Waals surface area contributed by atoms with Gasteiger partial charge in [0.05, 0.1) is 17.2 Å². The van der Waals surface area contributed by atoms with Gasteiger partial charge in [-0.15, -0.1) is 12.4 Å². The number of hydrogen-bond donors (Lipinski definition) is 0. The molecule has 1 fully saturated rings. The molecular formula is C15H21ClN4. The first-order valence-corrected chi connectivity index (χ1v) is 6.95. The lowest BCUT2D eigenvalue weighted by molar-refractivity contribution is 0.209. The summed E-state index contributed by atoms with van der Waals surface area (Å²) in [7, 11) is 0. The molecule has 0 N–H and O–H groups in total. The molecule has 5 heteroatoms. The number of fused-ring (bicyclic) bond motifs is 1. The molecule has 1 saturated heterocycles. The quantitative estimate of drug-likeness (QED) is 0.852. The number of nitrogens with zero attached hydrogens (tertiary/aromatic N) is 4. The third-order valence-corrected chi connectivity index (χ3v) is 3.80. The Balaban J connectivity index is 0.00000147. The summed E-state index contributed by atoms with van der Waals surface area (Å²) in [6, 6.07) is 8.67. The molecule has 0 saturated carbocycles. The first kappa shape index (κ1) is 15.0. The van der Waals surface area contributed by atoms with Crippen LogP contribution in [0.25, 0.3) is 11.0 Å². The van der Waals surface area contributed by atoms with Crippen molar-refractivity contribution in [3.63, 3.8) is 0 Å². The zero-order valence-electron chi connectivity index (χ0n) is 12.0. The standard InChI is InChI=1S/C15H20N4.ClH/c1-12(2)18-7-9-19(10-8-18)15-11-16-13-5-3-4-6-14(13)17-15;/h3-6,11-12H,7-10H2,1-2H3;1H. The number of para-hydroxylation sites is 2. The van der Waals surface area contributed by atoms with Gasteiger partial charge >= 0.3 is 0 Å². The minimum absolute atomic E-state index is 0. The van der Waals surface area contributed by atoms with E-state index in [0.29, 0.717) is 6.04 Å². The maximum atomic E-state index is 4.71. The van der Waals surface area contributed by atoms with Gasteiger partial charge in [0.1, 0.15) is 5.82 Å². The van der Waals surface area contributed by atoms with Crippen molar-refractivity contribution < 1.29 is 0 Å². The fourth-order valence-electron chi connectivity index (χ4n) is 2.57. The Bertz CT molecular complexity index is 565. The third kappa shape index (κ3) is 3.02. The van der Waals surface area contributed by atoms with Crippen LogP contribution in [0, 0.1) is 0 Å². The number of benzene rings is 1. The summed E-state index contributed by atoms with van der Waals surface area (Å²) >= 11 is 0. The van der Waals surface area contributed by atoms with Gasteiger partial charge in [-0.05, 0) is 26.0 Å². The average Bonchev–Trinajstić information content (AvgIpc) is 2.47. The summed E-state index contributed by atoms with van der Waals surface area (Å²) in [6.45, 7) is 8.78. The van der Waals surface area contributed by atoms with E-state index >= 15 is 0 Å². The average molecular weight is 293 g/mol. The molecule has 108 valence electrons. The number of hydrogen-bond acceptors (Lipinski definition) is 4.